The summed E-state index contributed by atoms with van der Waals surface area (Å²) < 4.78 is 6.62. The first-order valence-corrected chi connectivity index (χ1v) is 9.77. The average molecular weight is 388 g/mol. The predicted octanol–water partition coefficient (Wildman–Crippen LogP) is 2.94. The number of hydrogen-bond acceptors (Lipinski definition) is 5. The Balaban J connectivity index is 1.28. The van der Waals surface area contributed by atoms with Gasteiger partial charge in [0, 0.05) is 36.3 Å². The molecule has 4 aromatic rings. The van der Waals surface area contributed by atoms with Crippen LogP contribution in [0.4, 0.5) is 0 Å². The van der Waals surface area contributed by atoms with Crippen molar-refractivity contribution in [2.75, 3.05) is 13.1 Å². The van der Waals surface area contributed by atoms with E-state index < -0.39 is 5.76 Å². The number of oxazole rings is 1. The first-order chi connectivity index (χ1) is 14.2. The SMILES string of the molecule is O=C(Cn1c(=O)oc2ccccc21)N1CCC(c2ccc3cccnc3n2)CC1. The molecule has 0 radical (unpaired) electrons. The molecule has 0 spiro atoms. The minimum absolute atomic E-state index is 0.00133. The Labute approximate surface area is 166 Å². The Bertz CT molecular complexity index is 1250. The number of amides is 1. The lowest BCUT2D eigenvalue weighted by Gasteiger charge is -2.31. The molecule has 1 aliphatic heterocycles. The van der Waals surface area contributed by atoms with Crippen LogP contribution in [0, 0.1) is 0 Å². The summed E-state index contributed by atoms with van der Waals surface area (Å²) in [6.45, 7) is 1.30. The molecule has 3 aromatic heterocycles. The molecule has 1 saturated heterocycles. The molecular formula is C22H20N4O3. The van der Waals surface area contributed by atoms with Gasteiger partial charge in [0.25, 0.3) is 0 Å². The lowest BCUT2D eigenvalue weighted by atomic mass is 9.93. The number of aromatic nitrogens is 3. The van der Waals surface area contributed by atoms with Crippen LogP contribution in [0.15, 0.2) is 63.9 Å². The van der Waals surface area contributed by atoms with Gasteiger partial charge in [-0.05, 0) is 49.2 Å². The van der Waals surface area contributed by atoms with Crippen molar-refractivity contribution in [3.63, 3.8) is 0 Å². The van der Waals surface area contributed by atoms with Gasteiger partial charge in [-0.15, -0.1) is 0 Å². The Kier molecular flexibility index (Phi) is 4.35. The van der Waals surface area contributed by atoms with Crippen LogP contribution in [0.1, 0.15) is 24.5 Å². The number of benzene rings is 1. The first-order valence-electron chi connectivity index (χ1n) is 9.77. The molecule has 0 aliphatic carbocycles. The largest absolute Gasteiger partial charge is 0.420 e. The Morgan fingerprint density at radius 3 is 2.76 bits per heavy atom. The van der Waals surface area contributed by atoms with Crippen molar-refractivity contribution in [3.05, 3.63) is 71.0 Å². The number of likely N-dealkylation sites (tertiary alicyclic amines) is 1. The number of hydrogen-bond donors (Lipinski definition) is 0. The van der Waals surface area contributed by atoms with Crippen molar-refractivity contribution in [2.45, 2.75) is 25.3 Å². The number of piperidine rings is 1. The maximum absolute atomic E-state index is 12.8. The fourth-order valence-corrected chi connectivity index (χ4v) is 4.02. The van der Waals surface area contributed by atoms with Crippen molar-refractivity contribution in [2.24, 2.45) is 0 Å². The van der Waals surface area contributed by atoms with Gasteiger partial charge in [0.05, 0.1) is 5.52 Å². The quantitative estimate of drug-likeness (QED) is 0.539. The minimum Gasteiger partial charge on any atom is -0.408 e. The zero-order valence-corrected chi connectivity index (χ0v) is 15.8. The Morgan fingerprint density at radius 1 is 1.07 bits per heavy atom. The number of carbonyl (C=O) groups excluding carboxylic acids is 1. The monoisotopic (exact) mass is 388 g/mol. The molecule has 5 rings (SSSR count). The van der Waals surface area contributed by atoms with Crippen LogP contribution in [-0.2, 0) is 11.3 Å². The molecule has 1 aliphatic rings. The van der Waals surface area contributed by atoms with Crippen LogP contribution in [0.25, 0.3) is 22.1 Å². The van der Waals surface area contributed by atoms with E-state index >= 15 is 0 Å². The van der Waals surface area contributed by atoms with Gasteiger partial charge in [-0.25, -0.2) is 14.8 Å². The zero-order chi connectivity index (χ0) is 19.8. The number of fused-ring (bicyclic) bond motifs is 2. The van der Waals surface area contributed by atoms with E-state index in [0.29, 0.717) is 30.1 Å². The topological polar surface area (TPSA) is 81.2 Å². The molecule has 0 N–H and O–H groups in total. The molecule has 0 saturated carbocycles. The van der Waals surface area contributed by atoms with Crippen molar-refractivity contribution < 1.29 is 9.21 Å². The van der Waals surface area contributed by atoms with E-state index in [1.54, 1.807) is 24.4 Å². The molecule has 1 aromatic carbocycles. The summed E-state index contributed by atoms with van der Waals surface area (Å²) in [4.78, 5) is 35.8. The average Bonchev–Trinajstić information content (AvgIpc) is 3.08. The summed E-state index contributed by atoms with van der Waals surface area (Å²) in [5, 5.41) is 1.03. The third-order valence-electron chi connectivity index (χ3n) is 5.62. The lowest BCUT2D eigenvalue weighted by Crippen LogP contribution is -2.40. The molecule has 7 heteroatoms. The predicted molar refractivity (Wildman–Crippen MR) is 109 cm³/mol. The van der Waals surface area contributed by atoms with E-state index in [9.17, 15) is 9.59 Å². The van der Waals surface area contributed by atoms with Gasteiger partial charge in [0.1, 0.15) is 6.54 Å². The standard InChI is InChI=1S/C22H20N4O3/c27-20(14-26-18-5-1-2-6-19(18)29-22(26)28)25-12-9-15(10-13-25)17-8-7-16-4-3-11-23-21(16)24-17/h1-8,11,15H,9-10,12-14H2. The lowest BCUT2D eigenvalue weighted by molar-refractivity contribution is -0.132. The fraction of sp³-hybridized carbons (Fsp3) is 0.273. The number of nitrogens with zero attached hydrogens (tertiary/aromatic N) is 4. The maximum Gasteiger partial charge on any atom is 0.420 e. The summed E-state index contributed by atoms with van der Waals surface area (Å²) in [6.07, 6.45) is 3.44. The molecule has 29 heavy (non-hydrogen) atoms. The van der Waals surface area contributed by atoms with Gasteiger partial charge >= 0.3 is 5.76 Å². The van der Waals surface area contributed by atoms with Gasteiger partial charge < -0.3 is 9.32 Å². The van der Waals surface area contributed by atoms with E-state index in [4.69, 9.17) is 9.40 Å². The van der Waals surface area contributed by atoms with Crippen molar-refractivity contribution >= 4 is 28.0 Å². The number of pyridine rings is 2. The smallest absolute Gasteiger partial charge is 0.408 e. The fourth-order valence-electron chi connectivity index (χ4n) is 4.02. The zero-order valence-electron chi connectivity index (χ0n) is 15.8. The van der Waals surface area contributed by atoms with Crippen molar-refractivity contribution in [1.82, 2.24) is 19.4 Å². The minimum atomic E-state index is -0.498. The molecule has 1 amide bonds. The second kappa shape index (κ2) is 7.16. The highest BCUT2D eigenvalue weighted by atomic mass is 16.4. The second-order valence-corrected chi connectivity index (χ2v) is 7.36. The molecule has 0 unspecified atom stereocenters. The van der Waals surface area contributed by atoms with Crippen LogP contribution in [0.3, 0.4) is 0 Å². The van der Waals surface area contributed by atoms with Crippen molar-refractivity contribution in [3.8, 4) is 0 Å². The van der Waals surface area contributed by atoms with Crippen molar-refractivity contribution in [1.29, 1.82) is 0 Å². The maximum atomic E-state index is 12.8. The third kappa shape index (κ3) is 3.29. The number of carbonyl (C=O) groups is 1. The summed E-state index contributed by atoms with van der Waals surface area (Å²) in [7, 11) is 0. The first kappa shape index (κ1) is 17.6. The molecule has 7 nitrogen and oxygen atoms in total. The van der Waals surface area contributed by atoms with Crippen LogP contribution >= 0.6 is 0 Å². The van der Waals surface area contributed by atoms with E-state index in [1.807, 2.05) is 23.1 Å². The van der Waals surface area contributed by atoms with E-state index in [1.165, 1.54) is 4.57 Å². The van der Waals surface area contributed by atoms with Crippen LogP contribution < -0.4 is 5.76 Å². The summed E-state index contributed by atoms with van der Waals surface area (Å²) in [6, 6.07) is 15.2. The van der Waals surface area contributed by atoms with Gasteiger partial charge in [-0.2, -0.15) is 0 Å². The molecule has 1 fully saturated rings. The summed E-state index contributed by atoms with van der Waals surface area (Å²) in [5.74, 6) is -0.254. The van der Waals surface area contributed by atoms with E-state index in [2.05, 4.69) is 17.1 Å². The second-order valence-electron chi connectivity index (χ2n) is 7.36. The normalized spacial score (nSPS) is 15.2. The summed E-state index contributed by atoms with van der Waals surface area (Å²) in [5.41, 5.74) is 2.93. The number of rotatable bonds is 3. The van der Waals surface area contributed by atoms with Gasteiger partial charge in [-0.3, -0.25) is 9.36 Å². The number of para-hydroxylation sites is 2. The highest BCUT2D eigenvalue weighted by Crippen LogP contribution is 2.28. The third-order valence-corrected chi connectivity index (χ3v) is 5.62. The molecule has 0 bridgehead atoms. The Hall–Kier alpha value is -3.48. The van der Waals surface area contributed by atoms with E-state index in [0.717, 1.165) is 29.6 Å². The van der Waals surface area contributed by atoms with E-state index in [-0.39, 0.29) is 12.5 Å². The highest BCUT2D eigenvalue weighted by molar-refractivity contribution is 5.79. The Morgan fingerprint density at radius 2 is 1.90 bits per heavy atom. The van der Waals surface area contributed by atoms with Gasteiger partial charge in [0.2, 0.25) is 5.91 Å². The van der Waals surface area contributed by atoms with Gasteiger partial charge in [-0.1, -0.05) is 12.1 Å². The highest BCUT2D eigenvalue weighted by Gasteiger charge is 2.25. The molecule has 4 heterocycles. The molecule has 146 valence electrons. The summed E-state index contributed by atoms with van der Waals surface area (Å²) >= 11 is 0. The molecule has 0 atom stereocenters. The van der Waals surface area contributed by atoms with Crippen LogP contribution in [-0.4, -0.2) is 38.4 Å². The van der Waals surface area contributed by atoms with Crippen LogP contribution in [0.2, 0.25) is 0 Å². The molecular weight excluding hydrogens is 368 g/mol. The van der Waals surface area contributed by atoms with Gasteiger partial charge in [0.15, 0.2) is 11.2 Å². The van der Waals surface area contributed by atoms with Crippen LogP contribution in [0.5, 0.6) is 0 Å².